The highest BCUT2D eigenvalue weighted by Crippen LogP contribution is 2.32. The molecule has 0 spiro atoms. The van der Waals surface area contributed by atoms with Crippen LogP contribution >= 0.6 is 0 Å². The van der Waals surface area contributed by atoms with Crippen molar-refractivity contribution in [3.8, 4) is 0 Å². The Morgan fingerprint density at radius 1 is 1.42 bits per heavy atom. The quantitative estimate of drug-likeness (QED) is 0.756. The van der Waals surface area contributed by atoms with Crippen LogP contribution < -0.4 is 10.5 Å². The number of rotatable bonds is 4. The van der Waals surface area contributed by atoms with Gasteiger partial charge in [-0.05, 0) is 24.5 Å². The summed E-state index contributed by atoms with van der Waals surface area (Å²) in [6.45, 7) is 1.50. The maximum atomic E-state index is 12.1. The summed E-state index contributed by atoms with van der Waals surface area (Å²) in [6.07, 6.45) is 3.71. The molecule has 1 aliphatic heterocycles. The van der Waals surface area contributed by atoms with Gasteiger partial charge in [-0.25, -0.2) is 9.50 Å². The Bertz CT molecular complexity index is 910. The summed E-state index contributed by atoms with van der Waals surface area (Å²) in [5, 5.41) is 6.84. The van der Waals surface area contributed by atoms with Gasteiger partial charge in [0.05, 0.1) is 11.7 Å². The van der Waals surface area contributed by atoms with Crippen LogP contribution in [0.2, 0.25) is 0 Å². The Hall–Kier alpha value is -2.68. The van der Waals surface area contributed by atoms with E-state index in [1.807, 2.05) is 19.0 Å². The Morgan fingerprint density at radius 2 is 2.29 bits per heavy atom. The highest BCUT2D eigenvalue weighted by Gasteiger charge is 2.31. The van der Waals surface area contributed by atoms with E-state index in [4.69, 9.17) is 4.52 Å². The van der Waals surface area contributed by atoms with E-state index in [1.54, 1.807) is 18.3 Å². The topological polar surface area (TPSA) is 95.6 Å². The number of H-pyrrole nitrogens is 1. The third kappa shape index (κ3) is 2.56. The number of anilines is 1. The van der Waals surface area contributed by atoms with E-state index in [2.05, 4.69) is 25.1 Å². The van der Waals surface area contributed by atoms with Crippen LogP contribution in [0, 0.1) is 0 Å². The van der Waals surface area contributed by atoms with Gasteiger partial charge in [0.2, 0.25) is 5.89 Å². The maximum absolute atomic E-state index is 12.1. The number of nitrogens with one attached hydrogen (secondary N) is 1. The van der Waals surface area contributed by atoms with Crippen LogP contribution in [0.25, 0.3) is 5.65 Å². The molecule has 1 unspecified atom stereocenters. The molecule has 0 saturated carbocycles. The summed E-state index contributed by atoms with van der Waals surface area (Å²) >= 11 is 0. The first kappa shape index (κ1) is 14.9. The average Bonchev–Trinajstić information content (AvgIpc) is 3.26. The van der Waals surface area contributed by atoms with Crippen molar-refractivity contribution < 1.29 is 4.52 Å². The molecule has 0 aromatic carbocycles. The van der Waals surface area contributed by atoms with Crippen LogP contribution in [0.4, 0.5) is 5.95 Å². The molecule has 1 fully saturated rings. The van der Waals surface area contributed by atoms with Crippen molar-refractivity contribution in [1.82, 2.24) is 29.6 Å². The van der Waals surface area contributed by atoms with Gasteiger partial charge in [0.25, 0.3) is 11.5 Å². The fourth-order valence-electron chi connectivity index (χ4n) is 3.11. The zero-order valence-corrected chi connectivity index (χ0v) is 13.6. The van der Waals surface area contributed by atoms with Gasteiger partial charge >= 0.3 is 0 Å². The molecule has 0 aliphatic carbocycles. The van der Waals surface area contributed by atoms with Gasteiger partial charge in [-0.1, -0.05) is 0 Å². The summed E-state index contributed by atoms with van der Waals surface area (Å²) in [5.41, 5.74) is 1.27. The molecule has 3 aromatic heterocycles. The maximum Gasteiger partial charge on any atom is 0.272 e. The molecule has 1 N–H and O–H groups in total. The fourth-order valence-corrected chi connectivity index (χ4v) is 3.11. The molecule has 1 saturated heterocycles. The smallest absolute Gasteiger partial charge is 0.272 e. The molecule has 4 rings (SSSR count). The Balaban J connectivity index is 1.58. The van der Waals surface area contributed by atoms with Gasteiger partial charge in [0.1, 0.15) is 0 Å². The number of fused-ring (bicyclic) bond motifs is 1. The molecule has 1 atom stereocenters. The van der Waals surface area contributed by atoms with Crippen LogP contribution in [-0.4, -0.2) is 50.3 Å². The first-order valence-electron chi connectivity index (χ1n) is 7.93. The van der Waals surface area contributed by atoms with Gasteiger partial charge in [0.15, 0.2) is 5.65 Å². The summed E-state index contributed by atoms with van der Waals surface area (Å²) < 4.78 is 6.85. The SMILES string of the molecule is CN(C)c1noc(C2CCCN2Cc2cc(=O)n3[nH]ccc3n2)n1. The van der Waals surface area contributed by atoms with E-state index >= 15 is 0 Å². The van der Waals surface area contributed by atoms with Crippen molar-refractivity contribution in [2.75, 3.05) is 25.5 Å². The number of hydrogen-bond acceptors (Lipinski definition) is 7. The van der Waals surface area contributed by atoms with E-state index in [0.29, 0.717) is 24.0 Å². The molecule has 0 bridgehead atoms. The molecular weight excluding hydrogens is 310 g/mol. The van der Waals surface area contributed by atoms with Crippen LogP contribution in [0.3, 0.4) is 0 Å². The van der Waals surface area contributed by atoms with Gasteiger partial charge < -0.3 is 9.42 Å². The van der Waals surface area contributed by atoms with Crippen molar-refractivity contribution in [3.63, 3.8) is 0 Å². The van der Waals surface area contributed by atoms with Gasteiger partial charge in [-0.2, -0.15) is 4.98 Å². The largest absolute Gasteiger partial charge is 0.344 e. The second-order valence-electron chi connectivity index (χ2n) is 6.20. The average molecular weight is 329 g/mol. The lowest BCUT2D eigenvalue weighted by molar-refractivity contribution is 0.199. The lowest BCUT2D eigenvalue weighted by Gasteiger charge is -2.20. The predicted molar refractivity (Wildman–Crippen MR) is 86.8 cm³/mol. The number of hydrogen-bond donors (Lipinski definition) is 1. The molecule has 3 aromatic rings. The zero-order chi connectivity index (χ0) is 16.7. The monoisotopic (exact) mass is 329 g/mol. The second kappa shape index (κ2) is 5.75. The van der Waals surface area contributed by atoms with Crippen LogP contribution in [-0.2, 0) is 6.54 Å². The standard InChI is InChI=1S/C15H19N7O2/c1-20(2)15-18-14(24-19-15)11-4-3-7-21(11)9-10-8-13(23)22-12(17-10)5-6-16-22/h5-6,8,11,16H,3-4,7,9H2,1-2H3. The molecule has 4 heterocycles. The zero-order valence-electron chi connectivity index (χ0n) is 13.6. The Kier molecular flexibility index (Phi) is 3.57. The van der Waals surface area contributed by atoms with Crippen molar-refractivity contribution >= 4 is 11.6 Å². The minimum absolute atomic E-state index is 0.0673. The first-order valence-corrected chi connectivity index (χ1v) is 7.93. The molecule has 9 nitrogen and oxygen atoms in total. The highest BCUT2D eigenvalue weighted by molar-refractivity contribution is 5.36. The first-order chi connectivity index (χ1) is 11.6. The van der Waals surface area contributed by atoms with Gasteiger partial charge in [0, 0.05) is 39.0 Å². The second-order valence-corrected chi connectivity index (χ2v) is 6.20. The lowest BCUT2D eigenvalue weighted by Crippen LogP contribution is -2.25. The molecular formula is C15H19N7O2. The Morgan fingerprint density at radius 3 is 3.08 bits per heavy atom. The van der Waals surface area contributed by atoms with Crippen molar-refractivity contribution in [2.45, 2.75) is 25.4 Å². The van der Waals surface area contributed by atoms with Crippen LogP contribution in [0.1, 0.15) is 30.5 Å². The number of likely N-dealkylation sites (tertiary alicyclic amines) is 1. The molecule has 24 heavy (non-hydrogen) atoms. The molecule has 0 amide bonds. The van der Waals surface area contributed by atoms with E-state index in [-0.39, 0.29) is 11.6 Å². The third-order valence-electron chi connectivity index (χ3n) is 4.28. The molecule has 126 valence electrons. The normalized spacial score (nSPS) is 18.5. The van der Waals surface area contributed by atoms with Gasteiger partial charge in [-0.15, -0.1) is 0 Å². The fraction of sp³-hybridized carbons (Fsp3) is 0.467. The third-order valence-corrected chi connectivity index (χ3v) is 4.28. The van der Waals surface area contributed by atoms with Crippen molar-refractivity contribution in [1.29, 1.82) is 0 Å². The van der Waals surface area contributed by atoms with E-state index in [9.17, 15) is 4.79 Å². The molecule has 1 aliphatic rings. The molecule has 0 radical (unpaired) electrons. The van der Waals surface area contributed by atoms with Crippen LogP contribution in [0.15, 0.2) is 27.6 Å². The minimum Gasteiger partial charge on any atom is -0.344 e. The summed E-state index contributed by atoms with van der Waals surface area (Å²) in [5.74, 6) is 1.19. The van der Waals surface area contributed by atoms with E-state index in [0.717, 1.165) is 25.1 Å². The number of aromatic nitrogens is 5. The summed E-state index contributed by atoms with van der Waals surface area (Å²) in [6, 6.07) is 3.42. The molecule has 9 heteroatoms. The summed E-state index contributed by atoms with van der Waals surface area (Å²) in [4.78, 5) is 25.1. The predicted octanol–water partition coefficient (Wildman–Crippen LogP) is 0.809. The Labute approximate surface area is 137 Å². The minimum atomic E-state index is -0.108. The van der Waals surface area contributed by atoms with Crippen LogP contribution in [0.5, 0.6) is 0 Å². The van der Waals surface area contributed by atoms with Crippen molar-refractivity contribution in [3.05, 3.63) is 40.3 Å². The van der Waals surface area contributed by atoms with E-state index in [1.165, 1.54) is 4.52 Å². The highest BCUT2D eigenvalue weighted by atomic mass is 16.5. The van der Waals surface area contributed by atoms with E-state index < -0.39 is 0 Å². The summed E-state index contributed by atoms with van der Waals surface area (Å²) in [7, 11) is 3.76. The van der Waals surface area contributed by atoms with Crippen molar-refractivity contribution in [2.24, 2.45) is 0 Å². The number of nitrogens with zero attached hydrogens (tertiary/aromatic N) is 6. The number of aromatic amines is 1. The van der Waals surface area contributed by atoms with Gasteiger partial charge in [-0.3, -0.25) is 14.8 Å². The lowest BCUT2D eigenvalue weighted by atomic mass is 10.2.